The number of aromatic nitrogens is 1. The van der Waals surface area contributed by atoms with E-state index in [0.29, 0.717) is 35.1 Å². The molecule has 1 aromatic carbocycles. The molecule has 28 heavy (non-hydrogen) atoms. The number of nitrogens with one attached hydrogen (secondary N) is 2. The zero-order valence-corrected chi connectivity index (χ0v) is 16.9. The van der Waals surface area contributed by atoms with Crippen molar-refractivity contribution in [3.63, 3.8) is 0 Å². The van der Waals surface area contributed by atoms with Crippen molar-refractivity contribution in [3.05, 3.63) is 55.0 Å². The summed E-state index contributed by atoms with van der Waals surface area (Å²) in [5.74, 6) is -2.56. The molecule has 0 saturated heterocycles. The van der Waals surface area contributed by atoms with E-state index in [1.165, 1.54) is 16.7 Å². The van der Waals surface area contributed by atoms with Gasteiger partial charge in [0.05, 0.1) is 23.5 Å². The summed E-state index contributed by atoms with van der Waals surface area (Å²) in [6.45, 7) is 0.253. The highest BCUT2D eigenvalue weighted by Gasteiger charge is 2.29. The molecule has 0 bridgehead atoms. The van der Waals surface area contributed by atoms with Crippen LogP contribution in [0.25, 0.3) is 0 Å². The van der Waals surface area contributed by atoms with Gasteiger partial charge in [-0.05, 0) is 60.1 Å². The lowest BCUT2D eigenvalue weighted by Gasteiger charge is -2.17. The zero-order valence-electron chi connectivity index (χ0n) is 14.7. The standard InChI is InChI=1S/C18H18F2IN3O4/c19-11-9-10(21)4-5-12(11)22-16-14(17(26)23-28-8-2-7-25)13-3-1-6-24(13)18(27)15(16)20/h4-5,9,22,25H,1-3,6-8H2,(H,23,26). The van der Waals surface area contributed by atoms with E-state index in [1.807, 2.05) is 22.6 Å². The summed E-state index contributed by atoms with van der Waals surface area (Å²) < 4.78 is 30.9. The SMILES string of the molecule is O=C(NOCCCO)c1c(Nc2ccc(I)cc2F)c(F)c(=O)n2c1CCC2. The molecule has 0 radical (unpaired) electrons. The first-order valence-corrected chi connectivity index (χ1v) is 9.72. The minimum absolute atomic E-state index is 0.0584. The van der Waals surface area contributed by atoms with Gasteiger partial charge in [0, 0.05) is 22.4 Å². The smallest absolute Gasteiger partial charge is 0.289 e. The molecule has 1 aliphatic heterocycles. The fourth-order valence-corrected chi connectivity index (χ4v) is 3.48. The predicted octanol–water partition coefficient (Wildman–Crippen LogP) is 2.46. The molecule has 0 unspecified atom stereocenters. The first-order chi connectivity index (χ1) is 13.4. The molecule has 0 aliphatic carbocycles. The number of benzene rings is 1. The Kier molecular flexibility index (Phi) is 6.62. The topological polar surface area (TPSA) is 92.6 Å². The molecule has 1 aliphatic rings. The number of hydrogen-bond acceptors (Lipinski definition) is 5. The van der Waals surface area contributed by atoms with Gasteiger partial charge in [-0.15, -0.1) is 0 Å². The van der Waals surface area contributed by atoms with E-state index in [1.54, 1.807) is 6.07 Å². The highest BCUT2D eigenvalue weighted by molar-refractivity contribution is 14.1. The third kappa shape index (κ3) is 4.18. The minimum Gasteiger partial charge on any atom is -0.396 e. The van der Waals surface area contributed by atoms with E-state index in [9.17, 15) is 18.4 Å². The number of pyridine rings is 1. The van der Waals surface area contributed by atoms with Crippen molar-refractivity contribution in [2.75, 3.05) is 18.5 Å². The zero-order chi connectivity index (χ0) is 20.3. The Bertz CT molecular complexity index is 965. The molecule has 7 nitrogen and oxygen atoms in total. The van der Waals surface area contributed by atoms with Crippen LogP contribution in [0.5, 0.6) is 0 Å². The third-order valence-corrected chi connectivity index (χ3v) is 4.97. The van der Waals surface area contributed by atoms with Gasteiger partial charge in [-0.2, -0.15) is 4.39 Å². The minimum atomic E-state index is -1.16. The number of nitrogens with zero attached hydrogens (tertiary/aromatic N) is 1. The Morgan fingerprint density at radius 3 is 2.86 bits per heavy atom. The van der Waals surface area contributed by atoms with E-state index >= 15 is 0 Å². The molecule has 0 fully saturated rings. The summed E-state index contributed by atoms with van der Waals surface area (Å²) in [4.78, 5) is 30.0. The van der Waals surface area contributed by atoms with Crippen LogP contribution in [0.15, 0.2) is 23.0 Å². The lowest BCUT2D eigenvalue weighted by molar-refractivity contribution is 0.0261. The van der Waals surface area contributed by atoms with E-state index in [2.05, 4.69) is 10.8 Å². The first-order valence-electron chi connectivity index (χ1n) is 8.64. The Morgan fingerprint density at radius 1 is 1.36 bits per heavy atom. The van der Waals surface area contributed by atoms with E-state index in [4.69, 9.17) is 9.94 Å². The fourth-order valence-electron chi connectivity index (χ4n) is 3.03. The molecule has 0 saturated carbocycles. The van der Waals surface area contributed by atoms with E-state index in [0.717, 1.165) is 0 Å². The Morgan fingerprint density at radius 2 is 2.14 bits per heavy atom. The van der Waals surface area contributed by atoms with Gasteiger partial charge in [0.25, 0.3) is 11.5 Å². The molecule has 10 heteroatoms. The highest BCUT2D eigenvalue weighted by atomic mass is 127. The van der Waals surface area contributed by atoms with Crippen LogP contribution >= 0.6 is 22.6 Å². The van der Waals surface area contributed by atoms with Crippen molar-refractivity contribution in [2.24, 2.45) is 0 Å². The van der Waals surface area contributed by atoms with Crippen LogP contribution in [-0.4, -0.2) is 28.8 Å². The molecule has 1 aromatic heterocycles. The maximum Gasteiger partial charge on any atom is 0.289 e. The number of anilines is 2. The maximum atomic E-state index is 14.8. The number of hydrogen-bond donors (Lipinski definition) is 3. The first kappa shape index (κ1) is 20.7. The number of hydroxylamine groups is 1. The van der Waals surface area contributed by atoms with Gasteiger partial charge in [0.1, 0.15) is 5.82 Å². The van der Waals surface area contributed by atoms with Crippen LogP contribution in [0.2, 0.25) is 0 Å². The van der Waals surface area contributed by atoms with Gasteiger partial charge >= 0.3 is 0 Å². The normalized spacial score (nSPS) is 12.7. The van der Waals surface area contributed by atoms with Crippen LogP contribution in [0.1, 0.15) is 28.9 Å². The average molecular weight is 505 g/mol. The Labute approximate surface area is 172 Å². The summed E-state index contributed by atoms with van der Waals surface area (Å²) in [5, 5.41) is 11.3. The molecular weight excluding hydrogens is 487 g/mol. The number of fused-ring (bicyclic) bond motifs is 1. The van der Waals surface area contributed by atoms with Crippen LogP contribution in [0.4, 0.5) is 20.2 Å². The van der Waals surface area contributed by atoms with Crippen molar-refractivity contribution in [2.45, 2.75) is 25.8 Å². The molecule has 1 amide bonds. The second-order valence-electron chi connectivity index (χ2n) is 6.18. The number of aliphatic hydroxyl groups excluding tert-OH is 1. The van der Waals surface area contributed by atoms with Crippen LogP contribution < -0.4 is 16.4 Å². The van der Waals surface area contributed by atoms with Gasteiger partial charge in [-0.1, -0.05) is 0 Å². The Hall–Kier alpha value is -2.05. The van der Waals surface area contributed by atoms with Crippen molar-refractivity contribution < 1.29 is 23.5 Å². The summed E-state index contributed by atoms with van der Waals surface area (Å²) in [7, 11) is 0. The summed E-state index contributed by atoms with van der Waals surface area (Å²) in [6.07, 6.45) is 1.29. The van der Waals surface area contributed by atoms with E-state index in [-0.39, 0.29) is 30.2 Å². The van der Waals surface area contributed by atoms with Crippen molar-refractivity contribution >= 4 is 39.9 Å². The van der Waals surface area contributed by atoms with Gasteiger partial charge in [0.15, 0.2) is 0 Å². The molecule has 2 aromatic rings. The quantitative estimate of drug-likeness (QED) is 0.306. The van der Waals surface area contributed by atoms with E-state index < -0.39 is 23.1 Å². The monoisotopic (exact) mass is 505 g/mol. The van der Waals surface area contributed by atoms with Gasteiger partial charge in [0.2, 0.25) is 5.82 Å². The molecular formula is C18H18F2IN3O4. The maximum absolute atomic E-state index is 14.8. The van der Waals surface area contributed by atoms with Crippen molar-refractivity contribution in [1.82, 2.24) is 10.0 Å². The molecule has 3 rings (SSSR count). The number of amides is 1. The Balaban J connectivity index is 2.03. The lowest BCUT2D eigenvalue weighted by Crippen LogP contribution is -2.32. The second-order valence-corrected chi connectivity index (χ2v) is 7.42. The number of carbonyl (C=O) groups is 1. The molecule has 0 atom stereocenters. The molecule has 0 spiro atoms. The number of rotatable bonds is 7. The highest BCUT2D eigenvalue weighted by Crippen LogP contribution is 2.30. The molecule has 150 valence electrons. The van der Waals surface area contributed by atoms with Gasteiger partial charge in [-0.3, -0.25) is 14.4 Å². The second kappa shape index (κ2) is 8.97. The summed E-state index contributed by atoms with van der Waals surface area (Å²) in [6, 6.07) is 4.27. The number of halogens is 3. The fraction of sp³-hybridized carbons (Fsp3) is 0.333. The largest absolute Gasteiger partial charge is 0.396 e. The van der Waals surface area contributed by atoms with Crippen molar-refractivity contribution in [1.29, 1.82) is 0 Å². The van der Waals surface area contributed by atoms with Crippen LogP contribution in [-0.2, 0) is 17.8 Å². The summed E-state index contributed by atoms with van der Waals surface area (Å²) >= 11 is 1.93. The molecule has 2 heterocycles. The van der Waals surface area contributed by atoms with Gasteiger partial charge < -0.3 is 15.0 Å². The lowest BCUT2D eigenvalue weighted by atomic mass is 10.1. The predicted molar refractivity (Wildman–Crippen MR) is 107 cm³/mol. The third-order valence-electron chi connectivity index (χ3n) is 4.30. The number of aliphatic hydroxyl groups is 1. The van der Waals surface area contributed by atoms with Crippen LogP contribution in [0, 0.1) is 15.2 Å². The number of carbonyl (C=O) groups excluding carboxylic acids is 1. The van der Waals surface area contributed by atoms with Crippen molar-refractivity contribution in [3.8, 4) is 0 Å². The van der Waals surface area contributed by atoms with Crippen LogP contribution in [0.3, 0.4) is 0 Å². The van der Waals surface area contributed by atoms with Gasteiger partial charge in [-0.25, -0.2) is 9.87 Å². The average Bonchev–Trinajstić information content (AvgIpc) is 3.14. The summed E-state index contributed by atoms with van der Waals surface area (Å²) in [5.41, 5.74) is 1.15. The molecule has 3 N–H and O–H groups in total.